The number of carbonyl (C=O) groups excluding carboxylic acids is 7. The van der Waals surface area contributed by atoms with Gasteiger partial charge in [0.1, 0.15) is 11.8 Å². The molecule has 7 rings (SSSR count). The highest BCUT2D eigenvalue weighted by atomic mass is 19.1. The van der Waals surface area contributed by atoms with Crippen molar-refractivity contribution >= 4 is 52.4 Å². The number of nitrogens with one attached hydrogen (secondary N) is 3. The molecule has 6 amide bonds. The molecule has 4 N–H and O–H groups in total. The van der Waals surface area contributed by atoms with Crippen molar-refractivity contribution in [1.82, 2.24) is 29.7 Å². The first kappa shape index (κ1) is 40.7. The maximum absolute atomic E-state index is 15.7. The Labute approximate surface area is 341 Å². The topological polar surface area (TPSA) is 211 Å². The van der Waals surface area contributed by atoms with Crippen LogP contribution in [0.15, 0.2) is 67.1 Å². The van der Waals surface area contributed by atoms with E-state index in [9.17, 15) is 38.7 Å². The number of aliphatic hydroxyl groups excluding tert-OH is 1. The van der Waals surface area contributed by atoms with Gasteiger partial charge in [0.25, 0.3) is 17.7 Å². The van der Waals surface area contributed by atoms with E-state index in [0.717, 1.165) is 4.90 Å². The minimum atomic E-state index is -1.10. The number of Topliss-reactive ketones (excluding diaryl/α,β-unsaturated/α-hetero) is 1. The first-order valence-corrected chi connectivity index (χ1v) is 19.0. The number of rotatable bonds is 13. The molecule has 16 nitrogen and oxygen atoms in total. The van der Waals surface area contributed by atoms with Crippen molar-refractivity contribution in [3.63, 3.8) is 0 Å². The number of hydrogen-bond donors (Lipinski definition) is 4. The summed E-state index contributed by atoms with van der Waals surface area (Å²) in [5.74, 6) is 1.56. The average Bonchev–Trinajstić information content (AvgIpc) is 3.91. The predicted octanol–water partition coefficient (Wildman–Crippen LogP) is 3.54. The van der Waals surface area contributed by atoms with Crippen molar-refractivity contribution in [1.29, 1.82) is 0 Å². The number of unbranched alkanes of at least 4 members (excludes halogenated alkanes) is 1. The summed E-state index contributed by atoms with van der Waals surface area (Å²) in [7, 11) is 1.68. The number of aromatic nitrogens is 3. The Balaban J connectivity index is 0.930. The van der Waals surface area contributed by atoms with E-state index in [0.29, 0.717) is 35.2 Å². The van der Waals surface area contributed by atoms with Crippen molar-refractivity contribution in [3.8, 4) is 28.7 Å². The molecular formula is C43H38FN7O9. The number of piperidine rings is 1. The molecule has 17 heteroatoms. The number of amides is 6. The lowest BCUT2D eigenvalue weighted by Crippen LogP contribution is -2.54. The fourth-order valence-corrected chi connectivity index (χ4v) is 7.12. The maximum Gasteiger partial charge on any atom is 0.263 e. The Morgan fingerprint density at radius 3 is 2.60 bits per heavy atom. The molecule has 0 spiro atoms. The van der Waals surface area contributed by atoms with Gasteiger partial charge in [-0.15, -0.1) is 0 Å². The molecule has 5 heterocycles. The number of imide groups is 2. The quantitative estimate of drug-likeness (QED) is 0.0588. The zero-order valence-electron chi connectivity index (χ0n) is 32.5. The summed E-state index contributed by atoms with van der Waals surface area (Å²) in [5, 5.41) is 21.4. The van der Waals surface area contributed by atoms with Crippen molar-refractivity contribution in [2.24, 2.45) is 7.05 Å². The van der Waals surface area contributed by atoms with Gasteiger partial charge in [-0.1, -0.05) is 17.9 Å². The predicted molar refractivity (Wildman–Crippen MR) is 212 cm³/mol. The van der Waals surface area contributed by atoms with Crippen molar-refractivity contribution in [3.05, 3.63) is 106 Å². The fraction of sp³-hybridized carbons (Fsp3) is 0.256. The average molecular weight is 816 g/mol. The number of carbonyl (C=O) groups is 7. The van der Waals surface area contributed by atoms with Crippen LogP contribution in [0.1, 0.15) is 91.7 Å². The second kappa shape index (κ2) is 17.2. The van der Waals surface area contributed by atoms with E-state index < -0.39 is 48.0 Å². The minimum absolute atomic E-state index is 0.00520. The van der Waals surface area contributed by atoms with Gasteiger partial charge in [-0.05, 0) is 61.2 Å². The van der Waals surface area contributed by atoms with E-state index in [-0.39, 0.29) is 83.3 Å². The molecule has 2 aliphatic heterocycles. The van der Waals surface area contributed by atoms with Crippen LogP contribution in [0.5, 0.6) is 5.75 Å². The number of pyridine rings is 1. The highest BCUT2D eigenvalue weighted by Crippen LogP contribution is 2.32. The Morgan fingerprint density at radius 2 is 1.87 bits per heavy atom. The van der Waals surface area contributed by atoms with E-state index in [1.807, 2.05) is 0 Å². The number of nitrogens with zero attached hydrogens (tertiary/aromatic N) is 4. The van der Waals surface area contributed by atoms with E-state index in [2.05, 4.69) is 32.9 Å². The van der Waals surface area contributed by atoms with Gasteiger partial charge < -0.3 is 24.9 Å². The number of aliphatic hydroxyl groups is 1. The molecule has 0 radical (unpaired) electrons. The van der Waals surface area contributed by atoms with Gasteiger partial charge in [0, 0.05) is 62.0 Å². The van der Waals surface area contributed by atoms with Gasteiger partial charge in [-0.3, -0.25) is 48.5 Å². The van der Waals surface area contributed by atoms with Gasteiger partial charge in [-0.2, -0.15) is 5.10 Å². The number of ether oxygens (including phenoxy) is 1. The van der Waals surface area contributed by atoms with Crippen LogP contribution in [0.4, 0.5) is 10.1 Å². The highest BCUT2D eigenvalue weighted by molar-refractivity contribution is 6.24. The summed E-state index contributed by atoms with van der Waals surface area (Å²) in [6, 6.07) is 11.0. The van der Waals surface area contributed by atoms with Crippen molar-refractivity contribution in [2.45, 2.75) is 51.7 Å². The third-order valence-corrected chi connectivity index (χ3v) is 10.1. The Hall–Kier alpha value is -7.45. The van der Waals surface area contributed by atoms with Crippen LogP contribution in [-0.4, -0.2) is 84.6 Å². The zero-order valence-corrected chi connectivity index (χ0v) is 32.5. The van der Waals surface area contributed by atoms with Crippen molar-refractivity contribution in [2.75, 3.05) is 18.5 Å². The van der Waals surface area contributed by atoms with Crippen LogP contribution in [0, 0.1) is 17.7 Å². The number of aryl methyl sites for hydroxylation is 1. The van der Waals surface area contributed by atoms with Gasteiger partial charge in [-0.25, -0.2) is 4.39 Å². The number of benzene rings is 2. The molecule has 2 aliphatic rings. The Bertz CT molecular complexity index is 2690. The monoisotopic (exact) mass is 815 g/mol. The number of anilines is 1. The summed E-state index contributed by atoms with van der Waals surface area (Å²) in [6.45, 7) is 1.16. The highest BCUT2D eigenvalue weighted by Gasteiger charge is 2.45. The van der Waals surface area contributed by atoms with Crippen LogP contribution in [-0.2, 0) is 28.0 Å². The van der Waals surface area contributed by atoms with Crippen LogP contribution in [0.25, 0.3) is 16.6 Å². The van der Waals surface area contributed by atoms with Crippen molar-refractivity contribution < 1.29 is 47.8 Å². The lowest BCUT2D eigenvalue weighted by atomic mass is 10.0. The summed E-state index contributed by atoms with van der Waals surface area (Å²) >= 11 is 0. The van der Waals surface area contributed by atoms with Gasteiger partial charge in [0.05, 0.1) is 59.5 Å². The van der Waals surface area contributed by atoms with Crippen LogP contribution in [0.2, 0.25) is 0 Å². The molecule has 0 bridgehead atoms. The standard InChI is InChI=1S/C43H38FN7O9/c1-24(53)34-20-31(40(56)47-32-18-25(23-52)17-30(39(32)44)27-21-46-49(2)22-27)35-19-28(13-15-50(34)35)60-16-4-3-10-36(54)45-14-6-8-26-7-5-9-29-38(26)43(59)51(42(29)58)33-11-12-37(55)48-41(33)57/h5,7,9,13,15,17-22,33,52H,3-4,10-12,14,16,23H2,1-2H3,(H,45,54)(H,47,56)(H,48,55,57). The molecule has 1 atom stereocenters. The van der Waals surface area contributed by atoms with E-state index in [1.165, 1.54) is 46.5 Å². The first-order chi connectivity index (χ1) is 28.8. The fourth-order valence-electron chi connectivity index (χ4n) is 7.12. The molecular weight excluding hydrogens is 778 g/mol. The molecule has 2 aromatic carbocycles. The third-order valence-electron chi connectivity index (χ3n) is 10.1. The molecule has 1 unspecified atom stereocenters. The molecule has 0 aliphatic carbocycles. The second-order valence-electron chi connectivity index (χ2n) is 14.2. The van der Waals surface area contributed by atoms with E-state index in [4.69, 9.17) is 4.74 Å². The Morgan fingerprint density at radius 1 is 1.05 bits per heavy atom. The summed E-state index contributed by atoms with van der Waals surface area (Å²) in [6.07, 6.45) is 5.83. The zero-order chi connectivity index (χ0) is 42.7. The van der Waals surface area contributed by atoms with E-state index in [1.54, 1.807) is 43.7 Å². The third kappa shape index (κ3) is 8.26. The normalized spacial score (nSPS) is 14.7. The molecule has 5 aromatic rings. The lowest BCUT2D eigenvalue weighted by Gasteiger charge is -2.27. The molecule has 0 saturated carbocycles. The number of ketones is 1. The Kier molecular flexibility index (Phi) is 11.7. The van der Waals surface area contributed by atoms with Gasteiger partial charge in [0.15, 0.2) is 11.6 Å². The number of halogens is 1. The second-order valence-corrected chi connectivity index (χ2v) is 14.2. The number of fused-ring (bicyclic) bond motifs is 2. The maximum atomic E-state index is 15.7. The van der Waals surface area contributed by atoms with Crippen LogP contribution in [0.3, 0.4) is 0 Å². The lowest BCUT2D eigenvalue weighted by molar-refractivity contribution is -0.136. The largest absolute Gasteiger partial charge is 0.493 e. The molecule has 1 saturated heterocycles. The van der Waals surface area contributed by atoms with Gasteiger partial charge in [0.2, 0.25) is 17.7 Å². The molecule has 3 aromatic heterocycles. The van der Waals surface area contributed by atoms with Crippen LogP contribution >= 0.6 is 0 Å². The summed E-state index contributed by atoms with van der Waals surface area (Å²) in [4.78, 5) is 89.8. The smallest absolute Gasteiger partial charge is 0.263 e. The summed E-state index contributed by atoms with van der Waals surface area (Å²) < 4.78 is 24.7. The molecule has 1 fully saturated rings. The SMILES string of the molecule is CC(=O)c1cc(C(=O)Nc2cc(CO)cc(-c3cnn(C)c3)c2F)c2cc(OCCCCC(=O)NCC#Cc3cccc4c3C(=O)N(C3CCC(=O)NC3=O)C4=O)ccn12. The number of hydrogen-bond acceptors (Lipinski definition) is 10. The molecule has 306 valence electrons. The first-order valence-electron chi connectivity index (χ1n) is 19.0. The summed E-state index contributed by atoms with van der Waals surface area (Å²) in [5.41, 5.74) is 1.91. The van der Waals surface area contributed by atoms with Crippen LogP contribution < -0.4 is 20.7 Å². The van der Waals surface area contributed by atoms with E-state index >= 15 is 4.39 Å². The minimum Gasteiger partial charge on any atom is -0.493 e. The molecule has 60 heavy (non-hydrogen) atoms. The van der Waals surface area contributed by atoms with Gasteiger partial charge >= 0.3 is 0 Å².